The second-order valence-corrected chi connectivity index (χ2v) is 9.35. The van der Waals surface area contributed by atoms with E-state index in [1.165, 1.54) is 27.4 Å². The Kier molecular flexibility index (Phi) is 7.93. The van der Waals surface area contributed by atoms with E-state index in [-0.39, 0.29) is 18.3 Å². The zero-order chi connectivity index (χ0) is 26.7. The van der Waals surface area contributed by atoms with Crippen molar-refractivity contribution >= 4 is 23.4 Å². The number of hydrogen-bond acceptors (Lipinski definition) is 7. The van der Waals surface area contributed by atoms with E-state index in [1.807, 2.05) is 31.2 Å². The number of halogens is 1. The Labute approximate surface area is 221 Å². The summed E-state index contributed by atoms with van der Waals surface area (Å²) in [5.74, 6) is 0.00939. The summed E-state index contributed by atoms with van der Waals surface area (Å²) in [6, 6.07) is 11.1. The van der Waals surface area contributed by atoms with E-state index in [4.69, 9.17) is 30.5 Å². The van der Waals surface area contributed by atoms with Crippen LogP contribution in [0.5, 0.6) is 17.2 Å². The summed E-state index contributed by atoms with van der Waals surface area (Å²) in [6.45, 7) is 5.50. The van der Waals surface area contributed by atoms with Crippen molar-refractivity contribution in [1.29, 1.82) is 0 Å². The van der Waals surface area contributed by atoms with Crippen molar-refractivity contribution in [2.45, 2.75) is 31.6 Å². The maximum absolute atomic E-state index is 13.8. The van der Waals surface area contributed by atoms with Crippen LogP contribution in [0.1, 0.15) is 42.7 Å². The van der Waals surface area contributed by atoms with Gasteiger partial charge in [0.2, 0.25) is 5.75 Å². The fraction of sp³-hybridized carbons (Fsp3) is 0.310. The van der Waals surface area contributed by atoms with E-state index in [9.17, 15) is 9.59 Å². The predicted octanol–water partition coefficient (Wildman–Crippen LogP) is 5.46. The Balaban J connectivity index is 1.86. The smallest absolute Gasteiger partial charge is 0.337 e. The lowest BCUT2D eigenvalue weighted by atomic mass is 9.71. The van der Waals surface area contributed by atoms with E-state index < -0.39 is 11.9 Å². The number of rotatable bonds is 8. The van der Waals surface area contributed by atoms with Crippen LogP contribution < -0.4 is 19.5 Å². The van der Waals surface area contributed by atoms with Crippen molar-refractivity contribution in [3.63, 3.8) is 0 Å². The topological polar surface area (TPSA) is 83.1 Å². The highest BCUT2D eigenvalue weighted by molar-refractivity contribution is 6.30. The van der Waals surface area contributed by atoms with Gasteiger partial charge in [0.1, 0.15) is 6.61 Å². The number of ether oxygens (including phenoxy) is 4. The summed E-state index contributed by atoms with van der Waals surface area (Å²) in [7, 11) is 4.57. The second-order valence-electron chi connectivity index (χ2n) is 8.91. The van der Waals surface area contributed by atoms with Crippen LogP contribution >= 0.6 is 11.6 Å². The number of methoxy groups -OCH3 is 3. The van der Waals surface area contributed by atoms with Gasteiger partial charge in [0.25, 0.3) is 0 Å². The number of carbonyl (C=O) groups is 2. The average Bonchev–Trinajstić information content (AvgIpc) is 2.90. The van der Waals surface area contributed by atoms with Gasteiger partial charge in [-0.2, -0.15) is 0 Å². The van der Waals surface area contributed by atoms with Gasteiger partial charge in [0.15, 0.2) is 17.3 Å². The van der Waals surface area contributed by atoms with Crippen LogP contribution in [0.15, 0.2) is 71.6 Å². The average molecular weight is 524 g/mol. The number of Topliss-reactive ketones (excluding diaryl/α,β-unsaturated/α-hetero) is 1. The molecule has 2 unspecified atom stereocenters. The van der Waals surface area contributed by atoms with Crippen LogP contribution in [-0.2, 0) is 14.3 Å². The van der Waals surface area contributed by atoms with Gasteiger partial charge in [-0.3, -0.25) is 4.79 Å². The molecule has 2 aromatic rings. The molecule has 0 radical (unpaired) electrons. The van der Waals surface area contributed by atoms with Crippen molar-refractivity contribution in [3.05, 3.63) is 87.7 Å². The molecule has 0 aromatic heterocycles. The third-order valence-corrected chi connectivity index (χ3v) is 6.99. The molecule has 1 aliphatic heterocycles. The van der Waals surface area contributed by atoms with Crippen LogP contribution in [0.2, 0.25) is 5.02 Å². The molecule has 0 saturated carbocycles. The first kappa shape index (κ1) is 26.4. The number of ketones is 1. The Hall–Kier alpha value is -3.71. The zero-order valence-electron chi connectivity index (χ0n) is 21.4. The number of benzene rings is 2. The van der Waals surface area contributed by atoms with Crippen molar-refractivity contribution in [2.24, 2.45) is 0 Å². The molecule has 8 heteroatoms. The molecule has 7 nitrogen and oxygen atoms in total. The van der Waals surface area contributed by atoms with E-state index >= 15 is 0 Å². The first-order chi connectivity index (χ1) is 17.8. The maximum Gasteiger partial charge on any atom is 0.337 e. The molecule has 2 atom stereocenters. The van der Waals surface area contributed by atoms with E-state index in [0.717, 1.165) is 11.3 Å². The molecule has 2 aromatic carbocycles. The van der Waals surface area contributed by atoms with E-state index in [1.54, 1.807) is 12.1 Å². The predicted molar refractivity (Wildman–Crippen MR) is 141 cm³/mol. The Morgan fingerprint density at radius 1 is 1.05 bits per heavy atom. The molecule has 0 spiro atoms. The third-order valence-electron chi connectivity index (χ3n) is 6.74. The van der Waals surface area contributed by atoms with Crippen LogP contribution in [-0.4, -0.2) is 39.7 Å². The Bertz CT molecular complexity index is 1270. The van der Waals surface area contributed by atoms with Gasteiger partial charge in [0, 0.05) is 34.3 Å². The highest BCUT2D eigenvalue weighted by Crippen LogP contribution is 2.49. The molecule has 194 valence electrons. The highest BCUT2D eigenvalue weighted by Gasteiger charge is 2.42. The lowest BCUT2D eigenvalue weighted by molar-refractivity contribution is -0.138. The number of dihydropyridines is 1. The van der Waals surface area contributed by atoms with E-state index in [0.29, 0.717) is 57.5 Å². The summed E-state index contributed by atoms with van der Waals surface area (Å²) in [5, 5.41) is 3.99. The molecular weight excluding hydrogens is 494 g/mol. The van der Waals surface area contributed by atoms with Gasteiger partial charge < -0.3 is 24.3 Å². The van der Waals surface area contributed by atoms with Crippen LogP contribution in [0.4, 0.5) is 0 Å². The first-order valence-corrected chi connectivity index (χ1v) is 12.3. The molecule has 1 N–H and O–H groups in total. The second kappa shape index (κ2) is 11.1. The number of allylic oxidation sites excluding steroid dienone is 3. The molecule has 0 bridgehead atoms. The summed E-state index contributed by atoms with van der Waals surface area (Å²) in [5.41, 5.74) is 3.99. The number of nitrogens with one attached hydrogen (secondary N) is 1. The van der Waals surface area contributed by atoms with Gasteiger partial charge in [-0.05, 0) is 54.7 Å². The summed E-state index contributed by atoms with van der Waals surface area (Å²) in [6.07, 6.45) is 2.42. The zero-order valence-corrected chi connectivity index (χ0v) is 22.1. The van der Waals surface area contributed by atoms with Crippen molar-refractivity contribution < 1.29 is 28.5 Å². The molecule has 1 aliphatic carbocycles. The quantitative estimate of drug-likeness (QED) is 0.363. The summed E-state index contributed by atoms with van der Waals surface area (Å²) < 4.78 is 22.1. The first-order valence-electron chi connectivity index (χ1n) is 11.9. The molecule has 4 rings (SSSR count). The maximum atomic E-state index is 13.8. The van der Waals surface area contributed by atoms with Gasteiger partial charge >= 0.3 is 5.97 Å². The lowest BCUT2D eigenvalue weighted by Gasteiger charge is -2.37. The fourth-order valence-electron chi connectivity index (χ4n) is 5.09. The third kappa shape index (κ3) is 5.09. The van der Waals surface area contributed by atoms with E-state index in [2.05, 4.69) is 11.9 Å². The van der Waals surface area contributed by atoms with Gasteiger partial charge in [-0.1, -0.05) is 36.4 Å². The molecule has 0 amide bonds. The minimum absolute atomic E-state index is 0.0151. The Morgan fingerprint density at radius 3 is 2.27 bits per heavy atom. The molecule has 0 fully saturated rings. The monoisotopic (exact) mass is 523 g/mol. The van der Waals surface area contributed by atoms with Gasteiger partial charge in [-0.15, -0.1) is 0 Å². The molecule has 1 heterocycles. The summed E-state index contributed by atoms with van der Waals surface area (Å²) in [4.78, 5) is 27.1. The number of hydrogen-bond donors (Lipinski definition) is 1. The standard InChI is InChI=1S/C29H30ClNO6/c1-6-11-37-29(33)25-16(2)31-21-12-18(17-7-9-20(30)10-8-17)13-22(32)27(21)26(25)19-14-23(34-3)28(36-5)24(15-19)35-4/h6-10,14-15,18,26,31H,1,11-13H2,2-5H3. The summed E-state index contributed by atoms with van der Waals surface area (Å²) >= 11 is 6.07. The van der Waals surface area contributed by atoms with Crippen LogP contribution in [0.3, 0.4) is 0 Å². The van der Waals surface area contributed by atoms with Crippen LogP contribution in [0, 0.1) is 0 Å². The minimum Gasteiger partial charge on any atom is -0.493 e. The van der Waals surface area contributed by atoms with Crippen LogP contribution in [0.25, 0.3) is 0 Å². The molecule has 0 saturated heterocycles. The number of esters is 1. The fourth-order valence-corrected chi connectivity index (χ4v) is 5.22. The molecule has 2 aliphatic rings. The Morgan fingerprint density at radius 2 is 1.70 bits per heavy atom. The SMILES string of the molecule is C=CCOC(=O)C1=C(C)NC2=C(C(=O)CC(c3ccc(Cl)cc3)C2)C1c1cc(OC)c(OC)c(OC)c1. The van der Waals surface area contributed by atoms with Crippen molar-refractivity contribution in [2.75, 3.05) is 27.9 Å². The normalized spacial score (nSPS) is 19.1. The van der Waals surface area contributed by atoms with Gasteiger partial charge in [0.05, 0.1) is 26.9 Å². The lowest BCUT2D eigenvalue weighted by Crippen LogP contribution is -2.36. The molecule has 37 heavy (non-hydrogen) atoms. The minimum atomic E-state index is -0.680. The van der Waals surface area contributed by atoms with Gasteiger partial charge in [-0.25, -0.2) is 4.79 Å². The highest BCUT2D eigenvalue weighted by atomic mass is 35.5. The molecular formula is C29H30ClNO6. The number of carbonyl (C=O) groups excluding carboxylic acids is 2. The van der Waals surface area contributed by atoms with Crippen molar-refractivity contribution in [3.8, 4) is 17.2 Å². The largest absolute Gasteiger partial charge is 0.493 e. The van der Waals surface area contributed by atoms with Crippen molar-refractivity contribution in [1.82, 2.24) is 5.32 Å².